The van der Waals surface area contributed by atoms with Gasteiger partial charge >= 0.3 is 11.9 Å². The summed E-state index contributed by atoms with van der Waals surface area (Å²) in [5, 5.41) is 18.9. The van der Waals surface area contributed by atoms with Gasteiger partial charge in [0, 0.05) is 5.39 Å². The van der Waals surface area contributed by atoms with Crippen molar-refractivity contribution in [1.82, 2.24) is 4.72 Å². The van der Waals surface area contributed by atoms with Crippen LogP contribution in [0.4, 0.5) is 0 Å². The van der Waals surface area contributed by atoms with Crippen LogP contribution >= 0.6 is 0 Å². The summed E-state index contributed by atoms with van der Waals surface area (Å²) in [6, 6.07) is 7.23. The number of carboxylic acid groups (broad SMARTS) is 2. The smallest absolute Gasteiger partial charge is 0.323 e. The van der Waals surface area contributed by atoms with Gasteiger partial charge < -0.3 is 15.9 Å². The molecule has 0 fully saturated rings. The summed E-state index contributed by atoms with van der Waals surface area (Å²) in [5.74, 6) is -3.30. The van der Waals surface area contributed by atoms with Gasteiger partial charge in [-0.2, -0.15) is 4.72 Å². The van der Waals surface area contributed by atoms with E-state index in [-0.39, 0.29) is 4.90 Å². The maximum atomic E-state index is 12.5. The molecular formula is C14H14N2O6S. The zero-order valence-electron chi connectivity index (χ0n) is 11.7. The predicted molar refractivity (Wildman–Crippen MR) is 81.3 cm³/mol. The standard InChI is InChI=1S/C14H14N2O6S/c15-11(13(17)18)12(14(19)20)16-23(21,22)10-7-3-5-8-4-1-2-6-9(8)10/h1-7,11-12,16H,15H2,(H,17,18)(H,19,20)/t11-,12?/m0/s1. The highest BCUT2D eigenvalue weighted by atomic mass is 32.2. The topological polar surface area (TPSA) is 147 Å². The molecule has 0 aliphatic rings. The molecule has 2 rings (SSSR count). The van der Waals surface area contributed by atoms with Crippen LogP contribution in [0.5, 0.6) is 0 Å². The van der Waals surface area contributed by atoms with Crippen molar-refractivity contribution in [2.75, 3.05) is 0 Å². The minimum atomic E-state index is -4.28. The molecule has 0 aliphatic heterocycles. The molecule has 0 aliphatic carbocycles. The summed E-state index contributed by atoms with van der Waals surface area (Å²) < 4.78 is 26.8. The zero-order chi connectivity index (χ0) is 17.2. The number of sulfonamides is 1. The Morgan fingerprint density at radius 1 is 1.00 bits per heavy atom. The van der Waals surface area contributed by atoms with Gasteiger partial charge in [-0.3, -0.25) is 9.59 Å². The molecule has 0 bridgehead atoms. The van der Waals surface area contributed by atoms with Crippen LogP contribution in [0, 0.1) is 0 Å². The molecule has 0 spiro atoms. The van der Waals surface area contributed by atoms with Gasteiger partial charge in [-0.1, -0.05) is 36.4 Å². The number of rotatable bonds is 6. The summed E-state index contributed by atoms with van der Waals surface area (Å²) in [6.45, 7) is 0. The number of carboxylic acids is 2. The highest BCUT2D eigenvalue weighted by Gasteiger charge is 2.35. The minimum Gasteiger partial charge on any atom is -0.480 e. The van der Waals surface area contributed by atoms with Crippen LogP contribution in [-0.2, 0) is 19.6 Å². The van der Waals surface area contributed by atoms with E-state index in [0.717, 1.165) is 0 Å². The number of carbonyl (C=O) groups is 2. The summed E-state index contributed by atoms with van der Waals surface area (Å²) in [5.41, 5.74) is 5.25. The van der Waals surface area contributed by atoms with Gasteiger partial charge in [0.05, 0.1) is 4.90 Å². The van der Waals surface area contributed by atoms with E-state index >= 15 is 0 Å². The van der Waals surface area contributed by atoms with E-state index in [2.05, 4.69) is 0 Å². The third-order valence-corrected chi connectivity index (χ3v) is 4.73. The molecule has 2 aromatic rings. The van der Waals surface area contributed by atoms with E-state index in [4.69, 9.17) is 15.9 Å². The monoisotopic (exact) mass is 338 g/mol. The van der Waals surface area contributed by atoms with E-state index < -0.39 is 34.0 Å². The molecule has 8 nitrogen and oxygen atoms in total. The van der Waals surface area contributed by atoms with E-state index in [1.807, 2.05) is 4.72 Å². The summed E-state index contributed by atoms with van der Waals surface area (Å²) >= 11 is 0. The lowest BCUT2D eigenvalue weighted by Crippen LogP contribution is -2.55. The van der Waals surface area contributed by atoms with Crippen LogP contribution in [0.15, 0.2) is 47.4 Å². The average Bonchev–Trinajstić information content (AvgIpc) is 2.51. The van der Waals surface area contributed by atoms with Crippen molar-refractivity contribution in [1.29, 1.82) is 0 Å². The molecule has 2 aromatic carbocycles. The molecule has 5 N–H and O–H groups in total. The Bertz CT molecular complexity index is 859. The number of hydrogen-bond donors (Lipinski definition) is 4. The minimum absolute atomic E-state index is 0.153. The van der Waals surface area contributed by atoms with Crippen molar-refractivity contribution >= 4 is 32.7 Å². The van der Waals surface area contributed by atoms with E-state index in [9.17, 15) is 18.0 Å². The number of nitrogens with two attached hydrogens (primary N) is 1. The van der Waals surface area contributed by atoms with Crippen molar-refractivity contribution in [2.45, 2.75) is 17.0 Å². The van der Waals surface area contributed by atoms with Gasteiger partial charge in [0.15, 0.2) is 0 Å². The van der Waals surface area contributed by atoms with E-state index in [1.54, 1.807) is 30.3 Å². The summed E-state index contributed by atoms with van der Waals surface area (Å²) in [4.78, 5) is 21.9. The quantitative estimate of drug-likeness (QED) is 0.579. The van der Waals surface area contributed by atoms with Crippen molar-refractivity contribution < 1.29 is 28.2 Å². The van der Waals surface area contributed by atoms with Crippen molar-refractivity contribution in [3.8, 4) is 0 Å². The van der Waals surface area contributed by atoms with Crippen LogP contribution in [-0.4, -0.2) is 42.7 Å². The molecule has 0 saturated carbocycles. The largest absolute Gasteiger partial charge is 0.480 e. The van der Waals surface area contributed by atoms with Gasteiger partial charge in [0.1, 0.15) is 12.1 Å². The summed E-state index contributed by atoms with van der Waals surface area (Å²) in [7, 11) is -4.28. The van der Waals surface area contributed by atoms with Gasteiger partial charge in [-0.05, 0) is 11.5 Å². The van der Waals surface area contributed by atoms with Crippen LogP contribution in [0.1, 0.15) is 0 Å². The van der Waals surface area contributed by atoms with Crippen LogP contribution in [0.2, 0.25) is 0 Å². The number of nitrogens with one attached hydrogen (secondary N) is 1. The average molecular weight is 338 g/mol. The number of aliphatic carboxylic acids is 2. The van der Waals surface area contributed by atoms with Gasteiger partial charge in [0.2, 0.25) is 10.0 Å². The molecule has 122 valence electrons. The Kier molecular flexibility index (Phi) is 4.64. The zero-order valence-corrected chi connectivity index (χ0v) is 12.5. The second kappa shape index (κ2) is 6.32. The molecule has 0 heterocycles. The highest BCUT2D eigenvalue weighted by Crippen LogP contribution is 2.22. The maximum absolute atomic E-state index is 12.5. The van der Waals surface area contributed by atoms with Gasteiger partial charge in [-0.15, -0.1) is 0 Å². The Labute approximate surface area is 131 Å². The van der Waals surface area contributed by atoms with Gasteiger partial charge in [-0.25, -0.2) is 8.42 Å². The predicted octanol–water partition coefficient (Wildman–Crippen LogP) is -0.0168. The third kappa shape index (κ3) is 3.47. The molecule has 0 radical (unpaired) electrons. The highest BCUT2D eigenvalue weighted by molar-refractivity contribution is 7.89. The molecular weight excluding hydrogens is 324 g/mol. The second-order valence-electron chi connectivity index (χ2n) is 4.78. The Balaban J connectivity index is 2.48. The van der Waals surface area contributed by atoms with E-state index in [0.29, 0.717) is 10.8 Å². The fourth-order valence-corrected chi connectivity index (χ4v) is 3.52. The first-order valence-corrected chi connectivity index (χ1v) is 7.93. The van der Waals surface area contributed by atoms with Crippen LogP contribution in [0.3, 0.4) is 0 Å². The number of benzene rings is 2. The Hall–Kier alpha value is -2.49. The first kappa shape index (κ1) is 16.9. The molecule has 0 aromatic heterocycles. The molecule has 9 heteroatoms. The maximum Gasteiger partial charge on any atom is 0.323 e. The fourth-order valence-electron chi connectivity index (χ4n) is 2.08. The Morgan fingerprint density at radius 2 is 1.61 bits per heavy atom. The number of fused-ring (bicyclic) bond motifs is 1. The molecule has 23 heavy (non-hydrogen) atoms. The normalized spacial score (nSPS) is 14.3. The molecule has 0 saturated heterocycles. The van der Waals surface area contributed by atoms with Crippen LogP contribution in [0.25, 0.3) is 10.8 Å². The van der Waals surface area contributed by atoms with Gasteiger partial charge in [0.25, 0.3) is 0 Å². The van der Waals surface area contributed by atoms with E-state index in [1.165, 1.54) is 12.1 Å². The fraction of sp³-hybridized carbons (Fsp3) is 0.143. The lowest BCUT2D eigenvalue weighted by Gasteiger charge is -2.18. The lowest BCUT2D eigenvalue weighted by molar-refractivity contribution is -0.146. The molecule has 1 unspecified atom stereocenters. The van der Waals surface area contributed by atoms with Crippen molar-refractivity contribution in [3.63, 3.8) is 0 Å². The first-order valence-electron chi connectivity index (χ1n) is 6.45. The Morgan fingerprint density at radius 3 is 2.22 bits per heavy atom. The summed E-state index contributed by atoms with van der Waals surface area (Å²) in [6.07, 6.45) is 0. The second-order valence-corrected chi connectivity index (χ2v) is 6.46. The lowest BCUT2D eigenvalue weighted by atomic mass is 10.1. The SMILES string of the molecule is N[C@H](C(=O)O)C(NS(=O)(=O)c1cccc2ccccc12)C(=O)O. The first-order chi connectivity index (χ1) is 10.7. The third-order valence-electron chi connectivity index (χ3n) is 3.23. The number of hydrogen-bond acceptors (Lipinski definition) is 5. The van der Waals surface area contributed by atoms with Crippen LogP contribution < -0.4 is 10.5 Å². The van der Waals surface area contributed by atoms with Crippen molar-refractivity contribution in [2.24, 2.45) is 5.73 Å². The van der Waals surface area contributed by atoms with Crippen molar-refractivity contribution in [3.05, 3.63) is 42.5 Å². The molecule has 0 amide bonds. The molecule has 2 atom stereocenters.